The van der Waals surface area contributed by atoms with Gasteiger partial charge in [-0.15, -0.1) is 0 Å². The molecule has 0 aromatic heterocycles. The summed E-state index contributed by atoms with van der Waals surface area (Å²) in [5, 5.41) is 3.18. The van der Waals surface area contributed by atoms with E-state index in [2.05, 4.69) is 17.1 Å². The molecule has 1 aliphatic rings. The van der Waals surface area contributed by atoms with Crippen LogP contribution in [0.5, 0.6) is 0 Å². The van der Waals surface area contributed by atoms with Crippen molar-refractivity contribution in [2.45, 2.75) is 38.6 Å². The summed E-state index contributed by atoms with van der Waals surface area (Å²) >= 11 is 0. The van der Waals surface area contributed by atoms with Crippen LogP contribution in [0, 0.1) is 5.82 Å². The van der Waals surface area contributed by atoms with Crippen molar-refractivity contribution in [1.82, 2.24) is 4.90 Å². The predicted octanol–water partition coefficient (Wildman–Crippen LogP) is 3.50. The molecule has 0 aliphatic heterocycles. The van der Waals surface area contributed by atoms with Gasteiger partial charge in [0.25, 0.3) is 0 Å². The standard InChI is InChI=1S/C15H23FN2/c1-2-18(13-7-3-4-8-13)12-11-17-15-10-6-5-9-14(15)16/h5-6,9-10,13,17H,2-4,7-8,11-12H2,1H3. The van der Waals surface area contributed by atoms with Crippen LogP contribution >= 0.6 is 0 Å². The summed E-state index contributed by atoms with van der Waals surface area (Å²) in [5.41, 5.74) is 0.611. The van der Waals surface area contributed by atoms with Gasteiger partial charge in [-0.3, -0.25) is 4.90 Å². The van der Waals surface area contributed by atoms with Gasteiger partial charge >= 0.3 is 0 Å². The van der Waals surface area contributed by atoms with Crippen LogP contribution in [0.15, 0.2) is 24.3 Å². The van der Waals surface area contributed by atoms with Gasteiger partial charge in [0, 0.05) is 19.1 Å². The second kappa shape index (κ2) is 6.74. The van der Waals surface area contributed by atoms with Crippen LogP contribution in [0.1, 0.15) is 32.6 Å². The molecule has 1 saturated carbocycles. The maximum atomic E-state index is 13.4. The zero-order valence-corrected chi connectivity index (χ0v) is 11.2. The molecule has 1 aliphatic carbocycles. The molecular weight excluding hydrogens is 227 g/mol. The van der Waals surface area contributed by atoms with Crippen LogP contribution in [0.4, 0.5) is 10.1 Å². The van der Waals surface area contributed by atoms with Crippen molar-refractivity contribution >= 4 is 5.69 Å². The fourth-order valence-electron chi connectivity index (χ4n) is 2.81. The molecule has 3 heteroatoms. The van der Waals surface area contributed by atoms with Crippen LogP contribution in [-0.4, -0.2) is 30.6 Å². The fraction of sp³-hybridized carbons (Fsp3) is 0.600. The third-order valence-corrected chi connectivity index (χ3v) is 3.84. The van der Waals surface area contributed by atoms with E-state index in [-0.39, 0.29) is 5.82 Å². The Morgan fingerprint density at radius 1 is 1.28 bits per heavy atom. The third kappa shape index (κ3) is 3.45. The molecule has 0 saturated heterocycles. The Morgan fingerprint density at radius 2 is 2.00 bits per heavy atom. The van der Waals surface area contributed by atoms with E-state index < -0.39 is 0 Å². The van der Waals surface area contributed by atoms with E-state index in [0.29, 0.717) is 5.69 Å². The van der Waals surface area contributed by atoms with Gasteiger partial charge in [-0.2, -0.15) is 0 Å². The second-order valence-corrected chi connectivity index (χ2v) is 4.97. The highest BCUT2D eigenvalue weighted by Gasteiger charge is 2.20. The molecule has 1 N–H and O–H groups in total. The van der Waals surface area contributed by atoms with Crippen molar-refractivity contribution in [3.63, 3.8) is 0 Å². The van der Waals surface area contributed by atoms with Crippen molar-refractivity contribution in [2.24, 2.45) is 0 Å². The van der Waals surface area contributed by atoms with Gasteiger partial charge in [0.15, 0.2) is 0 Å². The average molecular weight is 250 g/mol. The molecule has 2 rings (SSSR count). The lowest BCUT2D eigenvalue weighted by Crippen LogP contribution is -2.36. The number of para-hydroxylation sites is 1. The van der Waals surface area contributed by atoms with Crippen molar-refractivity contribution in [3.8, 4) is 0 Å². The van der Waals surface area contributed by atoms with E-state index in [1.165, 1.54) is 31.7 Å². The van der Waals surface area contributed by atoms with Gasteiger partial charge in [-0.05, 0) is 31.5 Å². The first-order valence-corrected chi connectivity index (χ1v) is 7.03. The Kier molecular flexibility index (Phi) is 5.00. The first kappa shape index (κ1) is 13.3. The van der Waals surface area contributed by atoms with Crippen LogP contribution in [0.25, 0.3) is 0 Å². The Labute approximate surface area is 109 Å². The molecule has 0 unspecified atom stereocenters. The number of nitrogens with zero attached hydrogens (tertiary/aromatic N) is 1. The summed E-state index contributed by atoms with van der Waals surface area (Å²) < 4.78 is 13.4. The molecule has 1 fully saturated rings. The zero-order chi connectivity index (χ0) is 12.8. The number of likely N-dealkylation sites (N-methyl/N-ethyl adjacent to an activating group) is 1. The van der Waals surface area contributed by atoms with Crippen molar-refractivity contribution in [1.29, 1.82) is 0 Å². The minimum Gasteiger partial charge on any atom is -0.381 e. The Bertz CT molecular complexity index is 361. The SMILES string of the molecule is CCN(CCNc1ccccc1F)C1CCCC1. The summed E-state index contributed by atoms with van der Waals surface area (Å²) in [4.78, 5) is 2.51. The van der Waals surface area contributed by atoms with E-state index >= 15 is 0 Å². The number of hydrogen-bond donors (Lipinski definition) is 1. The molecule has 0 spiro atoms. The molecule has 2 nitrogen and oxygen atoms in total. The van der Waals surface area contributed by atoms with Crippen LogP contribution in [-0.2, 0) is 0 Å². The molecule has 18 heavy (non-hydrogen) atoms. The molecule has 1 aromatic rings. The Morgan fingerprint density at radius 3 is 2.67 bits per heavy atom. The molecule has 1 aromatic carbocycles. The molecule has 0 amide bonds. The van der Waals surface area contributed by atoms with E-state index in [1.807, 2.05) is 6.07 Å². The van der Waals surface area contributed by atoms with Crippen molar-refractivity contribution in [2.75, 3.05) is 25.0 Å². The lowest BCUT2D eigenvalue weighted by atomic mass is 10.2. The number of nitrogens with one attached hydrogen (secondary N) is 1. The monoisotopic (exact) mass is 250 g/mol. The molecular formula is C15H23FN2. The lowest BCUT2D eigenvalue weighted by molar-refractivity contribution is 0.217. The average Bonchev–Trinajstić information content (AvgIpc) is 2.90. The lowest BCUT2D eigenvalue weighted by Gasteiger charge is -2.27. The summed E-state index contributed by atoms with van der Waals surface area (Å²) in [7, 11) is 0. The van der Waals surface area contributed by atoms with Gasteiger partial charge in [-0.1, -0.05) is 31.9 Å². The molecule has 0 radical (unpaired) electrons. The van der Waals surface area contributed by atoms with Gasteiger partial charge in [0.05, 0.1) is 5.69 Å². The minimum atomic E-state index is -0.165. The predicted molar refractivity (Wildman–Crippen MR) is 74.4 cm³/mol. The molecule has 0 atom stereocenters. The maximum absolute atomic E-state index is 13.4. The number of hydrogen-bond acceptors (Lipinski definition) is 2. The van der Waals surface area contributed by atoms with Crippen molar-refractivity contribution < 1.29 is 4.39 Å². The van der Waals surface area contributed by atoms with Crippen LogP contribution < -0.4 is 5.32 Å². The highest BCUT2D eigenvalue weighted by molar-refractivity contribution is 5.44. The van der Waals surface area contributed by atoms with Gasteiger partial charge in [0.2, 0.25) is 0 Å². The summed E-state index contributed by atoms with van der Waals surface area (Å²) in [6, 6.07) is 7.62. The number of rotatable bonds is 6. The quantitative estimate of drug-likeness (QED) is 0.831. The van der Waals surface area contributed by atoms with E-state index in [1.54, 1.807) is 12.1 Å². The van der Waals surface area contributed by atoms with Crippen LogP contribution in [0.3, 0.4) is 0 Å². The minimum absolute atomic E-state index is 0.165. The second-order valence-electron chi connectivity index (χ2n) is 4.97. The molecule has 0 heterocycles. The van der Waals surface area contributed by atoms with E-state index in [4.69, 9.17) is 0 Å². The first-order valence-electron chi connectivity index (χ1n) is 7.03. The van der Waals surface area contributed by atoms with Gasteiger partial charge in [-0.25, -0.2) is 4.39 Å². The maximum Gasteiger partial charge on any atom is 0.146 e. The Hall–Kier alpha value is -1.09. The van der Waals surface area contributed by atoms with E-state index in [9.17, 15) is 4.39 Å². The normalized spacial score (nSPS) is 16.4. The number of benzene rings is 1. The van der Waals surface area contributed by atoms with Gasteiger partial charge < -0.3 is 5.32 Å². The smallest absolute Gasteiger partial charge is 0.146 e. The highest BCUT2D eigenvalue weighted by Crippen LogP contribution is 2.23. The topological polar surface area (TPSA) is 15.3 Å². The van der Waals surface area contributed by atoms with E-state index in [0.717, 1.165) is 25.7 Å². The summed E-state index contributed by atoms with van der Waals surface area (Å²) in [5.74, 6) is -0.165. The van der Waals surface area contributed by atoms with Gasteiger partial charge in [0.1, 0.15) is 5.82 Å². The zero-order valence-electron chi connectivity index (χ0n) is 11.2. The van der Waals surface area contributed by atoms with Crippen LogP contribution in [0.2, 0.25) is 0 Å². The molecule has 0 bridgehead atoms. The number of halogens is 1. The highest BCUT2D eigenvalue weighted by atomic mass is 19.1. The largest absolute Gasteiger partial charge is 0.381 e. The Balaban J connectivity index is 1.78. The third-order valence-electron chi connectivity index (χ3n) is 3.84. The first-order chi connectivity index (χ1) is 8.81. The fourth-order valence-corrected chi connectivity index (χ4v) is 2.81. The number of anilines is 1. The van der Waals surface area contributed by atoms with Crippen molar-refractivity contribution in [3.05, 3.63) is 30.1 Å². The summed E-state index contributed by atoms with van der Waals surface area (Å²) in [6.45, 7) is 5.10. The molecule has 100 valence electrons. The summed E-state index contributed by atoms with van der Waals surface area (Å²) in [6.07, 6.45) is 5.38.